The van der Waals surface area contributed by atoms with Crippen LogP contribution in [0.25, 0.3) is 5.69 Å². The fourth-order valence-electron chi connectivity index (χ4n) is 0.873. The van der Waals surface area contributed by atoms with E-state index in [0.29, 0.717) is 0 Å². The van der Waals surface area contributed by atoms with Gasteiger partial charge in [0.2, 0.25) is 5.88 Å². The van der Waals surface area contributed by atoms with Gasteiger partial charge in [-0.1, -0.05) is 18.1 Å². The van der Waals surface area contributed by atoms with Crippen molar-refractivity contribution in [1.29, 1.82) is 1.43 Å². The molecule has 66 valence electrons. The lowest BCUT2D eigenvalue weighted by Crippen LogP contribution is -1.94. The summed E-state index contributed by atoms with van der Waals surface area (Å²) < 4.78 is 67.9. The number of nitrogens with zero attached hydrogens (tertiary/aromatic N) is 2. The number of para-hydroxylation sites is 1. The van der Waals surface area contributed by atoms with Gasteiger partial charge in [0.1, 0.15) is 0 Å². The average Bonchev–Trinajstić information content (AvgIpc) is 2.87. The van der Waals surface area contributed by atoms with Gasteiger partial charge in [-0.15, -0.1) is 0 Å². The molecular weight excluding hydrogens is 164 g/mol. The molecule has 0 saturated heterocycles. The Morgan fingerprint density at radius 1 is 1.54 bits per heavy atom. The summed E-state index contributed by atoms with van der Waals surface area (Å²) >= 11 is 0. The SMILES string of the molecule is [2H]Oc1cc(C([2H])([2H])[2H])nn1-c1c([2H])c([2H])c([2H])c([2H])c1[2H]. The van der Waals surface area contributed by atoms with Crippen LogP contribution in [0.2, 0.25) is 0 Å². The standard InChI is InChI=1S/C10H10N2O/c1-8-7-10(13)12(11-8)9-5-3-2-4-6-9/h2-7,13H,1H3/i1D3,2D,3D,4D,5D,6D/hD. The van der Waals surface area contributed by atoms with Gasteiger partial charge in [0, 0.05) is 10.2 Å². The predicted octanol–water partition coefficient (Wildman–Crippen LogP) is 1.89. The topological polar surface area (TPSA) is 38.1 Å². The Kier molecular flexibility index (Phi) is 0.589. The molecule has 2 aromatic rings. The monoisotopic (exact) mass is 183 g/mol. The van der Waals surface area contributed by atoms with Crippen LogP contribution in [0, 0.1) is 6.85 Å². The molecule has 3 nitrogen and oxygen atoms in total. The number of aromatic nitrogens is 2. The van der Waals surface area contributed by atoms with E-state index in [9.17, 15) is 0 Å². The molecule has 0 bridgehead atoms. The molecule has 0 aliphatic rings. The van der Waals surface area contributed by atoms with E-state index >= 15 is 0 Å². The van der Waals surface area contributed by atoms with E-state index in [-0.39, 0.29) is 11.6 Å². The molecule has 0 saturated carbocycles. The molecule has 0 amide bonds. The lowest BCUT2D eigenvalue weighted by Gasteiger charge is -2.00. The first kappa shape index (κ1) is 2.61. The summed E-state index contributed by atoms with van der Waals surface area (Å²) in [7, 11) is 0. The molecule has 2 rings (SSSR count). The van der Waals surface area contributed by atoms with Crippen LogP contribution in [-0.4, -0.2) is 16.3 Å². The molecule has 13 heavy (non-hydrogen) atoms. The van der Waals surface area contributed by atoms with Gasteiger partial charge in [0.05, 0.1) is 18.2 Å². The van der Waals surface area contributed by atoms with E-state index in [1.165, 1.54) is 0 Å². The molecular formula is C10H10N2O. The molecule has 0 unspecified atom stereocenters. The smallest absolute Gasteiger partial charge is 0.295 e. The van der Waals surface area contributed by atoms with E-state index < -0.39 is 42.8 Å². The summed E-state index contributed by atoms with van der Waals surface area (Å²) in [6.45, 7) is -2.59. The van der Waals surface area contributed by atoms with Crippen LogP contribution in [0.15, 0.2) is 36.3 Å². The van der Waals surface area contributed by atoms with Crippen LogP contribution in [0.3, 0.4) is 0 Å². The molecule has 3 heteroatoms. The van der Waals surface area contributed by atoms with Crippen LogP contribution >= 0.6 is 0 Å². The Labute approximate surface area is 89.0 Å². The molecule has 1 aromatic heterocycles. The first-order valence-corrected chi connectivity index (χ1v) is 3.40. The van der Waals surface area contributed by atoms with Crippen molar-refractivity contribution in [3.05, 3.63) is 42.0 Å². The van der Waals surface area contributed by atoms with Gasteiger partial charge < -0.3 is 5.11 Å². The number of aryl methyl sites for hydroxylation is 1. The van der Waals surface area contributed by atoms with E-state index in [1.807, 2.05) is 0 Å². The number of aromatic hydroxyl groups is 1. The van der Waals surface area contributed by atoms with Gasteiger partial charge in [-0.3, -0.25) is 0 Å². The molecule has 0 fully saturated rings. The molecule has 0 aliphatic carbocycles. The van der Waals surface area contributed by atoms with Crippen molar-refractivity contribution in [3.8, 4) is 11.6 Å². The zero-order chi connectivity index (χ0) is 16.8. The quantitative estimate of drug-likeness (QED) is 0.772. The molecule has 0 spiro atoms. The van der Waals surface area contributed by atoms with E-state index in [4.69, 9.17) is 12.4 Å². The highest BCUT2D eigenvalue weighted by Gasteiger charge is 2.03. The Morgan fingerprint density at radius 2 is 2.38 bits per heavy atom. The van der Waals surface area contributed by atoms with Crippen molar-refractivity contribution in [1.82, 2.24) is 9.78 Å². The van der Waals surface area contributed by atoms with Gasteiger partial charge in [0.15, 0.2) is 0 Å². The van der Waals surface area contributed by atoms with E-state index in [2.05, 4.69) is 10.2 Å². The Morgan fingerprint density at radius 3 is 3.08 bits per heavy atom. The number of hydrogen-bond donors (Lipinski definition) is 1. The summed E-state index contributed by atoms with van der Waals surface area (Å²) in [4.78, 5) is 0. The third-order valence-corrected chi connectivity index (χ3v) is 1.38. The lowest BCUT2D eigenvalue weighted by molar-refractivity contribution is 0.433. The summed E-state index contributed by atoms with van der Waals surface area (Å²) in [6, 6.07) is -1.99. The maximum absolute atomic E-state index is 7.82. The fourth-order valence-corrected chi connectivity index (χ4v) is 0.873. The highest BCUT2D eigenvalue weighted by molar-refractivity contribution is 5.34. The van der Waals surface area contributed by atoms with E-state index in [0.717, 1.165) is 10.7 Å². The van der Waals surface area contributed by atoms with Crippen molar-refractivity contribution in [2.24, 2.45) is 0 Å². The Bertz CT molecular complexity index is 708. The van der Waals surface area contributed by atoms with Crippen molar-refractivity contribution in [2.45, 2.75) is 6.85 Å². The largest absolute Gasteiger partial charge is 0.493 e. The highest BCUT2D eigenvalue weighted by Crippen LogP contribution is 2.16. The van der Waals surface area contributed by atoms with Gasteiger partial charge in [-0.25, -0.2) is 4.68 Å². The Hall–Kier alpha value is -1.77. The molecule has 1 aromatic carbocycles. The molecule has 0 atom stereocenters. The summed E-state index contributed by atoms with van der Waals surface area (Å²) in [5.41, 5.74) is -0.801. The number of rotatable bonds is 2. The second-order valence-corrected chi connectivity index (χ2v) is 2.25. The summed E-state index contributed by atoms with van der Waals surface area (Å²) in [5, 5.41) is 7.96. The Balaban J connectivity index is 2.80. The van der Waals surface area contributed by atoms with Gasteiger partial charge in [-0.2, -0.15) is 5.10 Å². The first-order chi connectivity index (χ1) is 10.1. The average molecular weight is 183 g/mol. The fraction of sp³-hybridized carbons (Fsp3) is 0.100. The maximum Gasteiger partial charge on any atom is 0.295 e. The van der Waals surface area contributed by atoms with Crippen LogP contribution in [0.4, 0.5) is 0 Å². The first-order valence-electron chi connectivity index (χ1n) is 7.81. The predicted molar refractivity (Wildman–Crippen MR) is 50.0 cm³/mol. The lowest BCUT2D eigenvalue weighted by atomic mass is 10.3. The van der Waals surface area contributed by atoms with Gasteiger partial charge in [0.25, 0.3) is 1.43 Å². The zero-order valence-corrected chi connectivity index (χ0v) is 6.38. The molecule has 1 heterocycles. The van der Waals surface area contributed by atoms with Crippen LogP contribution in [0.5, 0.6) is 5.88 Å². The minimum absolute atomic E-state index is 0.371. The normalized spacial score (nSPS) is 20.8. The molecule has 0 radical (unpaired) electrons. The van der Waals surface area contributed by atoms with Crippen molar-refractivity contribution in [3.63, 3.8) is 0 Å². The van der Waals surface area contributed by atoms with Gasteiger partial charge in [-0.05, 0) is 18.9 Å². The second kappa shape index (κ2) is 2.94. The number of hydrogen-bond acceptors (Lipinski definition) is 2. The minimum atomic E-state index is -2.59. The maximum atomic E-state index is 7.82. The summed E-state index contributed by atoms with van der Waals surface area (Å²) in [5.74, 6) is -0.371. The van der Waals surface area contributed by atoms with Crippen LogP contribution < -0.4 is 0 Å². The molecule has 1 N–H and O–H groups in total. The minimum Gasteiger partial charge on any atom is -0.493 e. The zero-order valence-electron chi connectivity index (χ0n) is 15.4. The van der Waals surface area contributed by atoms with Crippen LogP contribution in [0.1, 0.15) is 16.7 Å². The third kappa shape index (κ3) is 1.40. The van der Waals surface area contributed by atoms with Crippen molar-refractivity contribution >= 4 is 0 Å². The van der Waals surface area contributed by atoms with Crippen LogP contribution in [-0.2, 0) is 0 Å². The number of benzene rings is 1. The van der Waals surface area contributed by atoms with Crippen molar-refractivity contribution < 1.29 is 16.1 Å². The molecule has 0 aliphatic heterocycles. The second-order valence-electron chi connectivity index (χ2n) is 2.25. The van der Waals surface area contributed by atoms with Gasteiger partial charge >= 0.3 is 0 Å². The van der Waals surface area contributed by atoms with Crippen molar-refractivity contribution in [2.75, 3.05) is 0 Å². The third-order valence-electron chi connectivity index (χ3n) is 1.38. The summed E-state index contributed by atoms with van der Waals surface area (Å²) in [6.07, 6.45) is 0. The van der Waals surface area contributed by atoms with E-state index in [1.54, 1.807) is 0 Å². The highest BCUT2D eigenvalue weighted by atomic mass is 16.3.